The lowest BCUT2D eigenvalue weighted by Crippen LogP contribution is -2.25. The van der Waals surface area contributed by atoms with E-state index in [1.807, 2.05) is 38.1 Å². The van der Waals surface area contributed by atoms with Gasteiger partial charge >= 0.3 is 0 Å². The van der Waals surface area contributed by atoms with Gasteiger partial charge in [0.2, 0.25) is 5.95 Å². The number of hydrogen-bond donors (Lipinski definition) is 1. The van der Waals surface area contributed by atoms with E-state index in [2.05, 4.69) is 21.3 Å². The van der Waals surface area contributed by atoms with Crippen molar-refractivity contribution in [1.29, 1.82) is 0 Å². The molecular weight excluding hydrogens is 300 g/mol. The van der Waals surface area contributed by atoms with Gasteiger partial charge in [0.25, 0.3) is 0 Å². The first-order valence-corrected chi connectivity index (χ1v) is 8.86. The van der Waals surface area contributed by atoms with Crippen LogP contribution in [0.15, 0.2) is 30.3 Å². The Hall–Kier alpha value is -2.30. The number of hydrogen-bond acceptors (Lipinski definition) is 5. The molecule has 0 radical (unpaired) electrons. The molecule has 1 aromatic heterocycles. The first-order valence-electron chi connectivity index (χ1n) is 8.86. The highest BCUT2D eigenvalue weighted by Crippen LogP contribution is 2.27. The molecule has 2 aromatic rings. The maximum Gasteiger partial charge on any atom is 0.229 e. The Kier molecular flexibility index (Phi) is 5.51. The van der Waals surface area contributed by atoms with Crippen LogP contribution in [0.4, 0.5) is 17.5 Å². The van der Waals surface area contributed by atoms with E-state index in [9.17, 15) is 0 Å². The molecule has 2 heterocycles. The predicted octanol–water partition coefficient (Wildman–Crippen LogP) is 4.31. The zero-order valence-electron chi connectivity index (χ0n) is 14.6. The molecule has 1 fully saturated rings. The Morgan fingerprint density at radius 3 is 2.58 bits per heavy atom. The number of anilines is 3. The molecule has 3 rings (SSSR count). The van der Waals surface area contributed by atoms with Crippen LogP contribution in [0.2, 0.25) is 0 Å². The third-order valence-electron chi connectivity index (χ3n) is 4.20. The summed E-state index contributed by atoms with van der Waals surface area (Å²) in [5.74, 6) is 2.46. The van der Waals surface area contributed by atoms with Crippen LogP contribution in [0, 0.1) is 6.92 Å². The predicted molar refractivity (Wildman–Crippen MR) is 98.3 cm³/mol. The van der Waals surface area contributed by atoms with Crippen molar-refractivity contribution in [2.24, 2.45) is 0 Å². The minimum Gasteiger partial charge on any atom is -0.492 e. The lowest BCUT2D eigenvalue weighted by Gasteiger charge is -2.22. The normalized spacial score (nSPS) is 15.0. The van der Waals surface area contributed by atoms with Crippen LogP contribution in [0.5, 0.6) is 5.75 Å². The van der Waals surface area contributed by atoms with Gasteiger partial charge in [0.05, 0.1) is 12.3 Å². The Morgan fingerprint density at radius 1 is 1.08 bits per heavy atom. The number of aryl methyl sites for hydroxylation is 1. The highest BCUT2D eigenvalue weighted by Gasteiger charge is 2.13. The highest BCUT2D eigenvalue weighted by molar-refractivity contribution is 5.63. The van der Waals surface area contributed by atoms with Crippen LogP contribution < -0.4 is 15.0 Å². The molecule has 0 amide bonds. The fourth-order valence-electron chi connectivity index (χ4n) is 3.04. The summed E-state index contributed by atoms with van der Waals surface area (Å²) >= 11 is 0. The maximum atomic E-state index is 5.67. The Labute approximate surface area is 144 Å². The van der Waals surface area contributed by atoms with Crippen LogP contribution in [0.3, 0.4) is 0 Å². The van der Waals surface area contributed by atoms with Crippen molar-refractivity contribution in [2.75, 3.05) is 29.9 Å². The number of aromatic nitrogens is 2. The first-order chi connectivity index (χ1) is 11.8. The fraction of sp³-hybridized carbons (Fsp3) is 0.474. The van der Waals surface area contributed by atoms with E-state index in [0.29, 0.717) is 12.6 Å². The largest absolute Gasteiger partial charge is 0.492 e. The molecule has 1 aliphatic heterocycles. The smallest absolute Gasteiger partial charge is 0.229 e. The third-order valence-corrected chi connectivity index (χ3v) is 4.20. The zero-order valence-corrected chi connectivity index (χ0v) is 14.6. The molecule has 1 aromatic carbocycles. The molecule has 0 unspecified atom stereocenters. The highest BCUT2D eigenvalue weighted by atomic mass is 16.5. The van der Waals surface area contributed by atoms with Gasteiger partial charge in [0.1, 0.15) is 11.6 Å². The van der Waals surface area contributed by atoms with Crippen molar-refractivity contribution in [2.45, 2.75) is 39.5 Å². The van der Waals surface area contributed by atoms with Crippen molar-refractivity contribution in [1.82, 2.24) is 9.97 Å². The number of nitrogens with zero attached hydrogens (tertiary/aromatic N) is 3. The van der Waals surface area contributed by atoms with Gasteiger partial charge in [-0.05, 0) is 38.8 Å². The summed E-state index contributed by atoms with van der Waals surface area (Å²) in [6.07, 6.45) is 5.10. The zero-order chi connectivity index (χ0) is 16.8. The second-order valence-electron chi connectivity index (χ2n) is 6.15. The molecule has 1 saturated heterocycles. The van der Waals surface area contributed by atoms with E-state index >= 15 is 0 Å². The van der Waals surface area contributed by atoms with Crippen LogP contribution in [0.1, 0.15) is 38.3 Å². The van der Waals surface area contributed by atoms with Crippen molar-refractivity contribution in [3.63, 3.8) is 0 Å². The van der Waals surface area contributed by atoms with E-state index in [0.717, 1.165) is 36.0 Å². The molecule has 0 atom stereocenters. The van der Waals surface area contributed by atoms with E-state index in [4.69, 9.17) is 9.72 Å². The molecule has 1 N–H and O–H groups in total. The Balaban J connectivity index is 1.83. The lowest BCUT2D eigenvalue weighted by atomic mass is 10.2. The van der Waals surface area contributed by atoms with Gasteiger partial charge in [-0.1, -0.05) is 25.0 Å². The fourth-order valence-corrected chi connectivity index (χ4v) is 3.04. The van der Waals surface area contributed by atoms with Crippen LogP contribution in [-0.4, -0.2) is 29.7 Å². The second-order valence-corrected chi connectivity index (χ2v) is 6.15. The van der Waals surface area contributed by atoms with Crippen LogP contribution in [-0.2, 0) is 0 Å². The van der Waals surface area contributed by atoms with Gasteiger partial charge in [0.15, 0.2) is 0 Å². The number of nitrogens with one attached hydrogen (secondary N) is 1. The van der Waals surface area contributed by atoms with Crippen molar-refractivity contribution >= 4 is 17.5 Å². The van der Waals surface area contributed by atoms with E-state index < -0.39 is 0 Å². The molecule has 5 heteroatoms. The standard InChI is InChI=1S/C19H26N4O/c1-3-24-17-11-7-6-10-16(17)21-19-20-15(2)14-18(22-19)23-12-8-4-5-9-13-23/h6-7,10-11,14H,3-5,8-9,12-13H2,1-2H3,(H,20,21,22). The van der Waals surface area contributed by atoms with E-state index in [1.54, 1.807) is 0 Å². The van der Waals surface area contributed by atoms with Crippen molar-refractivity contribution < 1.29 is 4.74 Å². The Morgan fingerprint density at radius 2 is 1.83 bits per heavy atom. The molecule has 24 heavy (non-hydrogen) atoms. The average Bonchev–Trinajstić information content (AvgIpc) is 2.86. The second kappa shape index (κ2) is 7.99. The van der Waals surface area contributed by atoms with Crippen LogP contribution in [0.25, 0.3) is 0 Å². The molecular formula is C19H26N4O. The SMILES string of the molecule is CCOc1ccccc1Nc1nc(C)cc(N2CCCCCC2)n1. The first kappa shape index (κ1) is 16.6. The summed E-state index contributed by atoms with van der Waals surface area (Å²) < 4.78 is 5.67. The van der Waals surface area contributed by atoms with Gasteiger partial charge < -0.3 is 15.0 Å². The Bertz CT molecular complexity index is 666. The number of rotatable bonds is 5. The van der Waals surface area contributed by atoms with Crippen molar-refractivity contribution in [3.05, 3.63) is 36.0 Å². The number of para-hydroxylation sites is 2. The quantitative estimate of drug-likeness (QED) is 0.887. The number of ether oxygens (including phenoxy) is 1. The molecule has 0 aliphatic carbocycles. The summed E-state index contributed by atoms with van der Waals surface area (Å²) in [6, 6.07) is 9.97. The van der Waals surface area contributed by atoms with Gasteiger partial charge in [-0.3, -0.25) is 0 Å². The summed E-state index contributed by atoms with van der Waals surface area (Å²) in [6.45, 7) is 6.78. The molecule has 5 nitrogen and oxygen atoms in total. The minimum absolute atomic E-state index is 0.626. The summed E-state index contributed by atoms with van der Waals surface area (Å²) in [5, 5.41) is 3.32. The van der Waals surface area contributed by atoms with Gasteiger partial charge in [-0.2, -0.15) is 4.98 Å². The summed E-state index contributed by atoms with van der Waals surface area (Å²) in [7, 11) is 0. The molecule has 0 bridgehead atoms. The topological polar surface area (TPSA) is 50.3 Å². The molecule has 0 spiro atoms. The molecule has 0 saturated carbocycles. The van der Waals surface area contributed by atoms with E-state index in [1.165, 1.54) is 25.7 Å². The third kappa shape index (κ3) is 4.16. The monoisotopic (exact) mass is 326 g/mol. The molecule has 1 aliphatic rings. The average molecular weight is 326 g/mol. The van der Waals surface area contributed by atoms with Crippen molar-refractivity contribution in [3.8, 4) is 5.75 Å². The van der Waals surface area contributed by atoms with Crippen LogP contribution >= 0.6 is 0 Å². The summed E-state index contributed by atoms with van der Waals surface area (Å²) in [5.41, 5.74) is 1.87. The maximum absolute atomic E-state index is 5.67. The van der Waals surface area contributed by atoms with Gasteiger partial charge in [-0.25, -0.2) is 4.98 Å². The van der Waals surface area contributed by atoms with E-state index in [-0.39, 0.29) is 0 Å². The molecule has 128 valence electrons. The van der Waals surface area contributed by atoms with Gasteiger partial charge in [-0.15, -0.1) is 0 Å². The number of benzene rings is 1. The van der Waals surface area contributed by atoms with Gasteiger partial charge in [0, 0.05) is 24.8 Å². The summed E-state index contributed by atoms with van der Waals surface area (Å²) in [4.78, 5) is 11.7. The minimum atomic E-state index is 0.626. The lowest BCUT2D eigenvalue weighted by molar-refractivity contribution is 0.342.